The van der Waals surface area contributed by atoms with Gasteiger partial charge in [-0.25, -0.2) is 4.98 Å². The first-order valence-electron chi connectivity index (χ1n) is 5.90. The van der Waals surface area contributed by atoms with Gasteiger partial charge in [0.25, 0.3) is 0 Å². The predicted molar refractivity (Wildman–Crippen MR) is 70.5 cm³/mol. The van der Waals surface area contributed by atoms with Gasteiger partial charge >= 0.3 is 0 Å². The Labute approximate surface area is 105 Å². The first-order valence-corrected chi connectivity index (χ1v) is 6.72. The van der Waals surface area contributed by atoms with Gasteiger partial charge in [-0.15, -0.1) is 11.3 Å². The van der Waals surface area contributed by atoms with Crippen LogP contribution in [0, 0.1) is 6.92 Å². The minimum atomic E-state index is 0.327. The summed E-state index contributed by atoms with van der Waals surface area (Å²) in [6.07, 6.45) is 1.35. The molecule has 0 bridgehead atoms. The Morgan fingerprint density at radius 3 is 3.06 bits per heavy atom. The fraction of sp³-hybridized carbons (Fsp3) is 0.462. The van der Waals surface area contributed by atoms with Crippen molar-refractivity contribution in [2.75, 3.05) is 13.7 Å². The molecule has 1 aromatic heterocycles. The summed E-state index contributed by atoms with van der Waals surface area (Å²) in [5.74, 6) is 0. The molecule has 3 rings (SSSR count). The average Bonchev–Trinajstić information content (AvgIpc) is 2.95. The highest BCUT2D eigenvalue weighted by atomic mass is 32.1. The van der Waals surface area contributed by atoms with E-state index in [1.54, 1.807) is 18.4 Å². The van der Waals surface area contributed by atoms with Crippen LogP contribution in [0.3, 0.4) is 0 Å². The Morgan fingerprint density at radius 1 is 1.47 bits per heavy atom. The van der Waals surface area contributed by atoms with Gasteiger partial charge in [0.15, 0.2) is 0 Å². The lowest BCUT2D eigenvalue weighted by Crippen LogP contribution is -2.15. The van der Waals surface area contributed by atoms with Crippen LogP contribution in [0.5, 0.6) is 0 Å². The zero-order chi connectivity index (χ0) is 11.8. The third kappa shape index (κ3) is 1.97. The quantitative estimate of drug-likeness (QED) is 0.887. The van der Waals surface area contributed by atoms with Crippen LogP contribution in [0.15, 0.2) is 18.2 Å². The fourth-order valence-corrected chi connectivity index (χ4v) is 3.46. The molecule has 0 aliphatic carbocycles. The van der Waals surface area contributed by atoms with E-state index >= 15 is 0 Å². The number of nitrogens with zero attached hydrogens (tertiary/aromatic N) is 1. The summed E-state index contributed by atoms with van der Waals surface area (Å²) >= 11 is 1.79. The summed E-state index contributed by atoms with van der Waals surface area (Å²) in [5, 5.41) is 4.67. The van der Waals surface area contributed by atoms with E-state index in [1.807, 2.05) is 0 Å². The number of rotatable bonds is 2. The lowest BCUT2D eigenvalue weighted by molar-refractivity contribution is 0.117. The fourth-order valence-electron chi connectivity index (χ4n) is 2.32. The molecule has 1 N–H and O–H groups in total. The highest BCUT2D eigenvalue weighted by Gasteiger charge is 2.27. The Morgan fingerprint density at radius 2 is 2.35 bits per heavy atom. The molecule has 17 heavy (non-hydrogen) atoms. The highest BCUT2D eigenvalue weighted by Crippen LogP contribution is 2.32. The van der Waals surface area contributed by atoms with E-state index in [0.29, 0.717) is 12.1 Å². The van der Waals surface area contributed by atoms with E-state index in [-0.39, 0.29) is 0 Å². The third-order valence-corrected chi connectivity index (χ3v) is 4.49. The number of ether oxygens (including phenoxy) is 1. The molecule has 0 amide bonds. The van der Waals surface area contributed by atoms with Gasteiger partial charge in [0.05, 0.1) is 22.4 Å². The van der Waals surface area contributed by atoms with Crippen LogP contribution in [-0.4, -0.2) is 24.7 Å². The number of fused-ring (bicyclic) bond motifs is 1. The number of thiazole rings is 1. The minimum absolute atomic E-state index is 0.327. The number of methoxy groups -OCH3 is 1. The van der Waals surface area contributed by atoms with Gasteiger partial charge in [0.2, 0.25) is 0 Å². The Bertz CT molecular complexity index is 537. The van der Waals surface area contributed by atoms with Crippen LogP contribution in [-0.2, 0) is 4.74 Å². The summed E-state index contributed by atoms with van der Waals surface area (Å²) in [7, 11) is 1.78. The van der Waals surface area contributed by atoms with E-state index in [4.69, 9.17) is 9.72 Å². The number of aryl methyl sites for hydroxylation is 1. The standard InChI is InChI=1S/C13H16N2OS/c1-8-4-3-5-11-12(8)15-13(17-11)10-6-9(16-2)7-14-10/h3-5,9-10,14H,6-7H2,1-2H3. The van der Waals surface area contributed by atoms with Gasteiger partial charge in [-0.2, -0.15) is 0 Å². The monoisotopic (exact) mass is 248 g/mol. The van der Waals surface area contributed by atoms with Crippen LogP contribution in [0.4, 0.5) is 0 Å². The van der Waals surface area contributed by atoms with Crippen molar-refractivity contribution in [1.82, 2.24) is 10.3 Å². The molecule has 1 saturated heterocycles. The highest BCUT2D eigenvalue weighted by molar-refractivity contribution is 7.18. The van der Waals surface area contributed by atoms with Crippen molar-refractivity contribution >= 4 is 21.6 Å². The van der Waals surface area contributed by atoms with Crippen molar-refractivity contribution in [3.63, 3.8) is 0 Å². The SMILES string of the molecule is COC1CNC(c2nc3c(C)cccc3s2)C1. The number of hydrogen-bond donors (Lipinski definition) is 1. The van der Waals surface area contributed by atoms with Crippen molar-refractivity contribution < 1.29 is 4.74 Å². The van der Waals surface area contributed by atoms with Crippen molar-refractivity contribution in [2.45, 2.75) is 25.5 Å². The zero-order valence-electron chi connectivity index (χ0n) is 10.1. The largest absolute Gasteiger partial charge is 0.380 e. The molecule has 2 heterocycles. The summed E-state index contributed by atoms with van der Waals surface area (Å²) in [4.78, 5) is 4.76. The van der Waals surface area contributed by atoms with Crippen molar-refractivity contribution in [3.8, 4) is 0 Å². The molecule has 2 unspecified atom stereocenters. The molecule has 0 spiro atoms. The maximum atomic E-state index is 5.38. The summed E-state index contributed by atoms with van der Waals surface area (Å²) in [6.45, 7) is 3.04. The Balaban J connectivity index is 1.94. The van der Waals surface area contributed by atoms with Gasteiger partial charge in [-0.3, -0.25) is 0 Å². The number of benzene rings is 1. The van der Waals surface area contributed by atoms with Crippen LogP contribution in [0.2, 0.25) is 0 Å². The van der Waals surface area contributed by atoms with Crippen LogP contribution in [0.1, 0.15) is 23.0 Å². The van der Waals surface area contributed by atoms with Gasteiger partial charge in [0, 0.05) is 13.7 Å². The first kappa shape index (κ1) is 11.1. The number of aromatic nitrogens is 1. The molecule has 0 radical (unpaired) electrons. The molecule has 2 aromatic rings. The second-order valence-electron chi connectivity index (χ2n) is 4.53. The second-order valence-corrected chi connectivity index (χ2v) is 5.59. The normalized spacial score (nSPS) is 24.6. The van der Waals surface area contributed by atoms with Gasteiger partial charge in [-0.05, 0) is 25.0 Å². The van der Waals surface area contributed by atoms with Crippen molar-refractivity contribution in [1.29, 1.82) is 0 Å². The predicted octanol–water partition coefficient (Wildman–Crippen LogP) is 2.65. The van der Waals surface area contributed by atoms with E-state index in [1.165, 1.54) is 15.3 Å². The van der Waals surface area contributed by atoms with Crippen LogP contribution < -0.4 is 5.32 Å². The van der Waals surface area contributed by atoms with Crippen LogP contribution in [0.25, 0.3) is 10.2 Å². The zero-order valence-corrected chi connectivity index (χ0v) is 10.9. The van der Waals surface area contributed by atoms with E-state index in [0.717, 1.165) is 18.5 Å². The van der Waals surface area contributed by atoms with Crippen molar-refractivity contribution in [3.05, 3.63) is 28.8 Å². The second kappa shape index (κ2) is 4.37. The Kier molecular flexibility index (Phi) is 2.86. The molecule has 4 heteroatoms. The number of hydrogen-bond acceptors (Lipinski definition) is 4. The summed E-state index contributed by atoms with van der Waals surface area (Å²) in [6, 6.07) is 6.72. The van der Waals surface area contributed by atoms with E-state index in [2.05, 4.69) is 30.4 Å². The first-order chi connectivity index (χ1) is 8.28. The van der Waals surface area contributed by atoms with Gasteiger partial charge < -0.3 is 10.1 Å². The van der Waals surface area contributed by atoms with Crippen LogP contribution >= 0.6 is 11.3 Å². The molecule has 1 aromatic carbocycles. The van der Waals surface area contributed by atoms with Gasteiger partial charge in [-0.1, -0.05) is 12.1 Å². The van der Waals surface area contributed by atoms with Crippen molar-refractivity contribution in [2.24, 2.45) is 0 Å². The minimum Gasteiger partial charge on any atom is -0.380 e. The van der Waals surface area contributed by atoms with E-state index < -0.39 is 0 Å². The maximum Gasteiger partial charge on any atom is 0.111 e. The lowest BCUT2D eigenvalue weighted by Gasteiger charge is -2.05. The van der Waals surface area contributed by atoms with E-state index in [9.17, 15) is 0 Å². The number of para-hydroxylation sites is 1. The number of nitrogens with one attached hydrogen (secondary N) is 1. The summed E-state index contributed by atoms with van der Waals surface area (Å²) < 4.78 is 6.66. The molecule has 2 atom stereocenters. The molecule has 1 aliphatic rings. The molecule has 0 saturated carbocycles. The molecule has 90 valence electrons. The Hall–Kier alpha value is -0.970. The van der Waals surface area contributed by atoms with Gasteiger partial charge in [0.1, 0.15) is 5.01 Å². The third-order valence-electron chi connectivity index (χ3n) is 3.36. The maximum absolute atomic E-state index is 5.38. The smallest absolute Gasteiger partial charge is 0.111 e. The molecular formula is C13H16N2OS. The summed E-state index contributed by atoms with van der Waals surface area (Å²) in [5.41, 5.74) is 2.40. The molecule has 3 nitrogen and oxygen atoms in total. The average molecular weight is 248 g/mol. The molecule has 1 aliphatic heterocycles. The lowest BCUT2D eigenvalue weighted by atomic mass is 10.2. The molecule has 1 fully saturated rings. The topological polar surface area (TPSA) is 34.1 Å². The molecular weight excluding hydrogens is 232 g/mol.